The van der Waals surface area contributed by atoms with Crippen molar-refractivity contribution in [2.45, 2.75) is 58.7 Å². The van der Waals surface area contributed by atoms with Crippen molar-refractivity contribution in [2.75, 3.05) is 24.6 Å². The van der Waals surface area contributed by atoms with E-state index in [9.17, 15) is 0 Å². The standard InChI is InChI=1S/C19H30N5O2P/c1-6-18-21-11-8-19(22-18)23-12-9-17(14-23)26-27(25-13-7-10-20)24(15(2)3)16(4)5/h6,8,11,15-17H,1,7,9,12-14H2,2-5H3/t17-,27?/m0/s1. The van der Waals surface area contributed by atoms with E-state index in [1.165, 1.54) is 0 Å². The fourth-order valence-electron chi connectivity index (χ4n) is 3.08. The summed E-state index contributed by atoms with van der Waals surface area (Å²) in [6.07, 6.45) is 4.76. The third-order valence-corrected chi connectivity index (χ3v) is 6.40. The lowest BCUT2D eigenvalue weighted by Crippen LogP contribution is -2.35. The molecule has 0 aliphatic carbocycles. The first-order valence-corrected chi connectivity index (χ1v) is 10.5. The molecule has 0 N–H and O–H groups in total. The minimum absolute atomic E-state index is 0.0698. The van der Waals surface area contributed by atoms with Gasteiger partial charge in [-0.2, -0.15) is 5.26 Å². The SMILES string of the molecule is C=Cc1nccc(N2CC[C@H](OP(OCCC#N)N(C(C)C)C(C)C)C2)n1. The predicted octanol–water partition coefficient (Wildman–Crippen LogP) is 3.99. The molecule has 0 spiro atoms. The molecule has 1 aromatic rings. The van der Waals surface area contributed by atoms with E-state index in [-0.39, 0.29) is 6.10 Å². The smallest absolute Gasteiger partial charge is 0.259 e. The van der Waals surface area contributed by atoms with Crippen LogP contribution in [0.1, 0.15) is 46.4 Å². The van der Waals surface area contributed by atoms with Crippen LogP contribution in [-0.4, -0.2) is 52.5 Å². The number of aromatic nitrogens is 2. The minimum Gasteiger partial charge on any atom is -0.354 e. The summed E-state index contributed by atoms with van der Waals surface area (Å²) in [5.74, 6) is 1.52. The zero-order chi connectivity index (χ0) is 19.8. The molecule has 0 aromatic carbocycles. The molecule has 1 aromatic heterocycles. The second-order valence-electron chi connectivity index (χ2n) is 6.99. The predicted molar refractivity (Wildman–Crippen MR) is 109 cm³/mol. The summed E-state index contributed by atoms with van der Waals surface area (Å²) >= 11 is 0. The Morgan fingerprint density at radius 1 is 1.44 bits per heavy atom. The first-order valence-electron chi connectivity index (χ1n) is 9.41. The van der Waals surface area contributed by atoms with Crippen LogP contribution in [0, 0.1) is 11.3 Å². The molecule has 1 aliphatic heterocycles. The van der Waals surface area contributed by atoms with Gasteiger partial charge in [-0.15, -0.1) is 0 Å². The van der Waals surface area contributed by atoms with Gasteiger partial charge in [-0.3, -0.25) is 0 Å². The molecule has 8 heteroatoms. The van der Waals surface area contributed by atoms with Gasteiger partial charge < -0.3 is 13.9 Å². The summed E-state index contributed by atoms with van der Waals surface area (Å²) in [5, 5.41) is 8.82. The molecule has 27 heavy (non-hydrogen) atoms. The minimum atomic E-state index is -1.22. The van der Waals surface area contributed by atoms with Crippen molar-refractivity contribution < 1.29 is 9.05 Å². The van der Waals surface area contributed by atoms with Crippen LogP contribution >= 0.6 is 8.53 Å². The molecule has 1 aliphatic rings. The van der Waals surface area contributed by atoms with Crippen LogP contribution in [0.25, 0.3) is 6.08 Å². The lowest BCUT2D eigenvalue weighted by atomic mass is 10.3. The van der Waals surface area contributed by atoms with Crippen molar-refractivity contribution >= 4 is 20.4 Å². The Bertz CT molecular complexity index is 641. The van der Waals surface area contributed by atoms with Gasteiger partial charge in [0.15, 0.2) is 5.82 Å². The molecule has 2 rings (SSSR count). The van der Waals surface area contributed by atoms with Crippen molar-refractivity contribution in [2.24, 2.45) is 0 Å². The summed E-state index contributed by atoms with van der Waals surface area (Å²) in [6, 6.07) is 4.64. The maximum Gasteiger partial charge on any atom is 0.259 e. The van der Waals surface area contributed by atoms with Gasteiger partial charge in [0.25, 0.3) is 8.53 Å². The Kier molecular flexibility index (Phi) is 8.59. The zero-order valence-corrected chi connectivity index (χ0v) is 17.6. The summed E-state index contributed by atoms with van der Waals surface area (Å²) in [5.41, 5.74) is 0. The molecule has 0 radical (unpaired) electrons. The Balaban J connectivity index is 2.04. The van der Waals surface area contributed by atoms with Crippen molar-refractivity contribution in [1.82, 2.24) is 14.6 Å². The van der Waals surface area contributed by atoms with Crippen LogP contribution < -0.4 is 4.90 Å². The highest BCUT2D eigenvalue weighted by atomic mass is 31.2. The molecule has 2 atom stereocenters. The van der Waals surface area contributed by atoms with Crippen molar-refractivity contribution in [3.05, 3.63) is 24.7 Å². The molecule has 0 amide bonds. The molecule has 2 heterocycles. The number of hydrogen-bond donors (Lipinski definition) is 0. The third-order valence-electron chi connectivity index (χ3n) is 4.21. The molecule has 1 saturated heterocycles. The second-order valence-corrected chi connectivity index (χ2v) is 8.39. The van der Waals surface area contributed by atoms with Gasteiger partial charge in [0.1, 0.15) is 5.82 Å². The van der Waals surface area contributed by atoms with Crippen molar-refractivity contribution in [1.29, 1.82) is 5.26 Å². The normalized spacial score (nSPS) is 18.3. The van der Waals surface area contributed by atoms with Crippen LogP contribution in [0.5, 0.6) is 0 Å². The van der Waals surface area contributed by atoms with E-state index in [2.05, 4.69) is 59.9 Å². The Hall–Kier alpha value is -1.58. The third kappa shape index (κ3) is 6.22. The Morgan fingerprint density at radius 2 is 2.19 bits per heavy atom. The number of nitrogens with zero attached hydrogens (tertiary/aromatic N) is 5. The molecule has 1 unspecified atom stereocenters. The van der Waals surface area contributed by atoms with E-state index in [0.717, 1.165) is 25.3 Å². The highest BCUT2D eigenvalue weighted by Crippen LogP contribution is 2.48. The van der Waals surface area contributed by atoms with E-state index in [1.807, 2.05) is 6.07 Å². The molecule has 0 bridgehead atoms. The monoisotopic (exact) mass is 391 g/mol. The van der Waals surface area contributed by atoms with Gasteiger partial charge in [-0.1, -0.05) is 6.58 Å². The molecule has 7 nitrogen and oxygen atoms in total. The highest BCUT2D eigenvalue weighted by molar-refractivity contribution is 7.44. The zero-order valence-electron chi connectivity index (χ0n) is 16.7. The number of rotatable bonds is 10. The maximum atomic E-state index is 8.82. The average molecular weight is 391 g/mol. The average Bonchev–Trinajstić information content (AvgIpc) is 3.10. The van der Waals surface area contributed by atoms with Crippen molar-refractivity contribution in [3.8, 4) is 6.07 Å². The molecular weight excluding hydrogens is 361 g/mol. The van der Waals surface area contributed by atoms with Gasteiger partial charge in [-0.05, 0) is 46.3 Å². The second kappa shape index (κ2) is 10.7. The molecular formula is C19H30N5O2P. The number of hydrogen-bond acceptors (Lipinski definition) is 7. The largest absolute Gasteiger partial charge is 0.354 e. The molecule has 148 valence electrons. The van der Waals surface area contributed by atoms with E-state index < -0.39 is 8.53 Å². The van der Waals surface area contributed by atoms with Crippen LogP contribution in [0.3, 0.4) is 0 Å². The Morgan fingerprint density at radius 3 is 2.81 bits per heavy atom. The fourth-order valence-corrected chi connectivity index (χ4v) is 4.81. The van der Waals surface area contributed by atoms with Gasteiger partial charge >= 0.3 is 0 Å². The van der Waals surface area contributed by atoms with Crippen molar-refractivity contribution in [3.63, 3.8) is 0 Å². The summed E-state index contributed by atoms with van der Waals surface area (Å²) in [6.45, 7) is 14.3. The van der Waals surface area contributed by atoms with E-state index >= 15 is 0 Å². The van der Waals surface area contributed by atoms with Gasteiger partial charge in [-0.25, -0.2) is 14.6 Å². The van der Waals surface area contributed by atoms with E-state index in [0.29, 0.717) is 30.9 Å². The summed E-state index contributed by atoms with van der Waals surface area (Å²) < 4.78 is 14.7. The highest BCUT2D eigenvalue weighted by Gasteiger charge is 2.33. The first kappa shape index (κ1) is 21.7. The number of anilines is 1. The summed E-state index contributed by atoms with van der Waals surface area (Å²) in [7, 11) is -1.22. The fraction of sp³-hybridized carbons (Fsp3) is 0.632. The molecule has 1 fully saturated rings. The maximum absolute atomic E-state index is 8.82. The summed E-state index contributed by atoms with van der Waals surface area (Å²) in [4.78, 5) is 10.9. The van der Waals surface area contributed by atoms with Crippen LogP contribution in [0.2, 0.25) is 0 Å². The van der Waals surface area contributed by atoms with Gasteiger partial charge in [0.2, 0.25) is 0 Å². The lowest BCUT2D eigenvalue weighted by molar-refractivity contribution is 0.142. The first-order chi connectivity index (χ1) is 13.0. The topological polar surface area (TPSA) is 74.5 Å². The quantitative estimate of drug-likeness (QED) is 0.441. The van der Waals surface area contributed by atoms with Crippen LogP contribution in [0.4, 0.5) is 5.82 Å². The lowest BCUT2D eigenvalue weighted by Gasteiger charge is -2.36. The number of nitriles is 1. The van der Waals surface area contributed by atoms with Gasteiger partial charge in [0.05, 0.1) is 25.2 Å². The van der Waals surface area contributed by atoms with Gasteiger partial charge in [0, 0.05) is 31.4 Å². The van der Waals surface area contributed by atoms with E-state index in [1.54, 1.807) is 12.3 Å². The van der Waals surface area contributed by atoms with E-state index in [4.69, 9.17) is 14.3 Å². The Labute approximate surface area is 164 Å². The molecule has 0 saturated carbocycles. The van der Waals surface area contributed by atoms with Crippen LogP contribution in [-0.2, 0) is 9.05 Å². The van der Waals surface area contributed by atoms with Crippen LogP contribution in [0.15, 0.2) is 18.8 Å².